The fraction of sp³-hybridized carbons (Fsp3) is 0.600. The number of aromatic nitrogens is 2. The van der Waals surface area contributed by atoms with E-state index in [0.29, 0.717) is 12.1 Å². The molecule has 1 atom stereocenters. The predicted octanol–water partition coefficient (Wildman–Crippen LogP) is 1.07. The number of carbonyl (C=O) groups is 1. The standard InChI is InChI=1S/C10H17N3O/c1-3-8(5-11)10(14)9-6-12-13(4-2)7-9/h6-8H,3-5,11H2,1-2H3. The topological polar surface area (TPSA) is 60.9 Å². The Balaban J connectivity index is 2.77. The lowest BCUT2D eigenvalue weighted by Gasteiger charge is -2.08. The molecule has 1 heterocycles. The van der Waals surface area contributed by atoms with E-state index in [9.17, 15) is 4.79 Å². The summed E-state index contributed by atoms with van der Waals surface area (Å²) in [6.07, 6.45) is 4.18. The van der Waals surface area contributed by atoms with Crippen molar-refractivity contribution in [3.05, 3.63) is 18.0 Å². The van der Waals surface area contributed by atoms with Gasteiger partial charge in [0.05, 0.1) is 11.8 Å². The van der Waals surface area contributed by atoms with Crippen LogP contribution in [0.1, 0.15) is 30.6 Å². The molecule has 0 radical (unpaired) electrons. The molecule has 1 aromatic rings. The third-order valence-corrected chi connectivity index (χ3v) is 2.39. The molecule has 0 fully saturated rings. The lowest BCUT2D eigenvalue weighted by molar-refractivity contribution is 0.0921. The molecule has 0 aromatic carbocycles. The molecule has 0 aliphatic rings. The first-order valence-corrected chi connectivity index (χ1v) is 4.99. The van der Waals surface area contributed by atoms with Gasteiger partial charge in [0.1, 0.15) is 0 Å². The number of aryl methyl sites for hydroxylation is 1. The first kappa shape index (κ1) is 10.9. The smallest absolute Gasteiger partial charge is 0.170 e. The van der Waals surface area contributed by atoms with Crippen molar-refractivity contribution in [1.29, 1.82) is 0 Å². The van der Waals surface area contributed by atoms with Gasteiger partial charge >= 0.3 is 0 Å². The number of ketones is 1. The van der Waals surface area contributed by atoms with Gasteiger partial charge < -0.3 is 5.73 Å². The van der Waals surface area contributed by atoms with Crippen LogP contribution in [-0.2, 0) is 6.54 Å². The molecular formula is C10H17N3O. The van der Waals surface area contributed by atoms with E-state index < -0.39 is 0 Å². The van der Waals surface area contributed by atoms with Crippen LogP contribution >= 0.6 is 0 Å². The van der Waals surface area contributed by atoms with Crippen molar-refractivity contribution in [2.75, 3.05) is 6.54 Å². The molecule has 1 unspecified atom stereocenters. The molecule has 1 rings (SSSR count). The first-order chi connectivity index (χ1) is 6.72. The van der Waals surface area contributed by atoms with Crippen molar-refractivity contribution in [1.82, 2.24) is 9.78 Å². The number of nitrogens with two attached hydrogens (primary N) is 1. The summed E-state index contributed by atoms with van der Waals surface area (Å²) >= 11 is 0. The molecule has 2 N–H and O–H groups in total. The Bertz CT molecular complexity index is 302. The Hall–Kier alpha value is -1.16. The summed E-state index contributed by atoms with van der Waals surface area (Å²) in [7, 11) is 0. The van der Waals surface area contributed by atoms with Crippen LogP contribution in [-0.4, -0.2) is 22.1 Å². The van der Waals surface area contributed by atoms with Crippen LogP contribution in [0.25, 0.3) is 0 Å². The third-order valence-electron chi connectivity index (χ3n) is 2.39. The van der Waals surface area contributed by atoms with Gasteiger partial charge in [-0.05, 0) is 13.3 Å². The SMILES string of the molecule is CCC(CN)C(=O)c1cnn(CC)c1. The van der Waals surface area contributed by atoms with E-state index in [2.05, 4.69) is 5.10 Å². The van der Waals surface area contributed by atoms with E-state index in [0.717, 1.165) is 13.0 Å². The van der Waals surface area contributed by atoms with Crippen LogP contribution in [0.5, 0.6) is 0 Å². The number of rotatable bonds is 5. The Labute approximate surface area is 84.1 Å². The molecule has 14 heavy (non-hydrogen) atoms. The zero-order valence-electron chi connectivity index (χ0n) is 8.73. The van der Waals surface area contributed by atoms with Crippen LogP contribution < -0.4 is 5.73 Å². The quantitative estimate of drug-likeness (QED) is 0.715. The lowest BCUT2D eigenvalue weighted by atomic mass is 9.98. The zero-order valence-corrected chi connectivity index (χ0v) is 8.73. The number of nitrogens with zero attached hydrogens (tertiary/aromatic N) is 2. The highest BCUT2D eigenvalue weighted by Crippen LogP contribution is 2.10. The second-order valence-corrected chi connectivity index (χ2v) is 3.29. The fourth-order valence-corrected chi connectivity index (χ4v) is 1.36. The predicted molar refractivity (Wildman–Crippen MR) is 55.1 cm³/mol. The van der Waals surface area contributed by atoms with Crippen LogP contribution in [0.2, 0.25) is 0 Å². The molecular weight excluding hydrogens is 178 g/mol. The number of hydrogen-bond acceptors (Lipinski definition) is 3. The molecule has 0 amide bonds. The first-order valence-electron chi connectivity index (χ1n) is 4.99. The van der Waals surface area contributed by atoms with E-state index in [1.54, 1.807) is 17.1 Å². The Morgan fingerprint density at radius 2 is 2.36 bits per heavy atom. The molecule has 0 saturated heterocycles. The van der Waals surface area contributed by atoms with Gasteiger partial charge in [-0.1, -0.05) is 6.92 Å². The normalized spacial score (nSPS) is 12.8. The lowest BCUT2D eigenvalue weighted by Crippen LogP contribution is -2.22. The molecule has 0 bridgehead atoms. The van der Waals surface area contributed by atoms with Gasteiger partial charge in [0.25, 0.3) is 0 Å². The van der Waals surface area contributed by atoms with Crippen LogP contribution in [0.15, 0.2) is 12.4 Å². The molecule has 1 aromatic heterocycles. The van der Waals surface area contributed by atoms with E-state index in [1.165, 1.54) is 0 Å². The minimum atomic E-state index is -0.0653. The van der Waals surface area contributed by atoms with Crippen LogP contribution in [0, 0.1) is 5.92 Å². The maximum absolute atomic E-state index is 11.8. The van der Waals surface area contributed by atoms with Crippen molar-refractivity contribution < 1.29 is 4.79 Å². The van der Waals surface area contributed by atoms with E-state index in [4.69, 9.17) is 5.73 Å². The Kier molecular flexibility index (Phi) is 3.83. The van der Waals surface area contributed by atoms with E-state index in [1.807, 2.05) is 13.8 Å². The molecule has 78 valence electrons. The summed E-state index contributed by atoms with van der Waals surface area (Å²) < 4.78 is 1.75. The number of Topliss-reactive ketones (excluding diaryl/α,β-unsaturated/α-hetero) is 1. The Morgan fingerprint density at radius 3 is 2.79 bits per heavy atom. The van der Waals surface area contributed by atoms with Gasteiger partial charge in [0.15, 0.2) is 5.78 Å². The number of hydrogen-bond donors (Lipinski definition) is 1. The van der Waals surface area contributed by atoms with Crippen molar-refractivity contribution in [3.8, 4) is 0 Å². The summed E-state index contributed by atoms with van der Waals surface area (Å²) in [6.45, 7) is 5.15. The van der Waals surface area contributed by atoms with E-state index >= 15 is 0 Å². The monoisotopic (exact) mass is 195 g/mol. The average molecular weight is 195 g/mol. The second kappa shape index (κ2) is 4.91. The van der Waals surface area contributed by atoms with Crippen molar-refractivity contribution in [2.45, 2.75) is 26.8 Å². The maximum atomic E-state index is 11.8. The molecule has 0 aliphatic heterocycles. The summed E-state index contributed by atoms with van der Waals surface area (Å²) in [5, 5.41) is 4.06. The van der Waals surface area contributed by atoms with Crippen molar-refractivity contribution >= 4 is 5.78 Å². The molecule has 0 saturated carbocycles. The minimum Gasteiger partial charge on any atom is -0.330 e. The highest BCUT2D eigenvalue weighted by molar-refractivity contribution is 5.97. The average Bonchev–Trinajstić information content (AvgIpc) is 2.67. The third kappa shape index (κ3) is 2.20. The van der Waals surface area contributed by atoms with Gasteiger partial charge in [0.2, 0.25) is 0 Å². The largest absolute Gasteiger partial charge is 0.330 e. The van der Waals surface area contributed by atoms with Gasteiger partial charge in [-0.2, -0.15) is 5.10 Å². The Morgan fingerprint density at radius 1 is 1.64 bits per heavy atom. The molecule has 4 heteroatoms. The van der Waals surface area contributed by atoms with Crippen molar-refractivity contribution in [3.63, 3.8) is 0 Å². The summed E-state index contributed by atoms with van der Waals surface area (Å²) in [5.74, 6) is 0.0409. The zero-order chi connectivity index (χ0) is 10.6. The van der Waals surface area contributed by atoms with E-state index in [-0.39, 0.29) is 11.7 Å². The highest BCUT2D eigenvalue weighted by Gasteiger charge is 2.17. The van der Waals surface area contributed by atoms with Gasteiger partial charge in [-0.25, -0.2) is 0 Å². The van der Waals surface area contributed by atoms with Gasteiger partial charge in [-0.15, -0.1) is 0 Å². The van der Waals surface area contributed by atoms with Gasteiger partial charge in [0, 0.05) is 25.2 Å². The maximum Gasteiger partial charge on any atom is 0.170 e. The summed E-state index contributed by atoms with van der Waals surface area (Å²) in [4.78, 5) is 11.8. The summed E-state index contributed by atoms with van der Waals surface area (Å²) in [6, 6.07) is 0. The molecule has 0 aliphatic carbocycles. The van der Waals surface area contributed by atoms with Gasteiger partial charge in [-0.3, -0.25) is 9.48 Å². The van der Waals surface area contributed by atoms with Crippen molar-refractivity contribution in [2.24, 2.45) is 11.7 Å². The molecule has 4 nitrogen and oxygen atoms in total. The summed E-state index contributed by atoms with van der Waals surface area (Å²) in [5.41, 5.74) is 6.18. The fourth-order valence-electron chi connectivity index (χ4n) is 1.36. The highest BCUT2D eigenvalue weighted by atomic mass is 16.1. The second-order valence-electron chi connectivity index (χ2n) is 3.29. The molecule has 0 spiro atoms. The number of carbonyl (C=O) groups excluding carboxylic acids is 1. The minimum absolute atomic E-state index is 0.0653. The van der Waals surface area contributed by atoms with Crippen LogP contribution in [0.3, 0.4) is 0 Å². The van der Waals surface area contributed by atoms with Crippen LogP contribution in [0.4, 0.5) is 0 Å².